The molecule has 0 bridgehead atoms. The zero-order valence-electron chi connectivity index (χ0n) is 12.8. The van der Waals surface area contributed by atoms with Gasteiger partial charge in [-0.1, -0.05) is 0 Å². The standard InChI is InChI=1S/C14H29N3O2/c1-12(2)15-14(3,13(18)19)11-16(4)9-10-17-7-5-6-8-17/h12,15H,5-11H2,1-4H3,(H,18,19). The molecule has 0 aromatic rings. The molecule has 112 valence electrons. The number of nitrogens with zero attached hydrogens (tertiary/aromatic N) is 2. The molecule has 0 aromatic carbocycles. The molecule has 1 aliphatic heterocycles. The number of rotatable bonds is 8. The second kappa shape index (κ2) is 7.22. The highest BCUT2D eigenvalue weighted by molar-refractivity contribution is 5.78. The van der Waals surface area contributed by atoms with Gasteiger partial charge < -0.3 is 14.9 Å². The van der Waals surface area contributed by atoms with Gasteiger partial charge in [0.25, 0.3) is 0 Å². The molecule has 1 unspecified atom stereocenters. The fourth-order valence-electron chi connectivity index (χ4n) is 2.75. The smallest absolute Gasteiger partial charge is 0.324 e. The number of hydrogen-bond donors (Lipinski definition) is 2. The average molecular weight is 271 g/mol. The number of aliphatic carboxylic acids is 1. The van der Waals surface area contributed by atoms with Crippen LogP contribution in [0.4, 0.5) is 0 Å². The minimum atomic E-state index is -0.881. The first kappa shape index (κ1) is 16.4. The molecule has 2 N–H and O–H groups in total. The Hall–Kier alpha value is -0.650. The van der Waals surface area contributed by atoms with E-state index in [-0.39, 0.29) is 6.04 Å². The number of hydrogen-bond acceptors (Lipinski definition) is 4. The molecule has 1 fully saturated rings. The van der Waals surface area contributed by atoms with E-state index in [1.165, 1.54) is 25.9 Å². The molecule has 1 saturated heterocycles. The van der Waals surface area contributed by atoms with Gasteiger partial charge in [0.15, 0.2) is 0 Å². The van der Waals surface area contributed by atoms with Crippen LogP contribution in [-0.2, 0) is 4.79 Å². The third-order valence-corrected chi connectivity index (χ3v) is 3.66. The number of carbonyl (C=O) groups is 1. The Morgan fingerprint density at radius 2 is 2.00 bits per heavy atom. The fraction of sp³-hybridized carbons (Fsp3) is 0.929. The lowest BCUT2D eigenvalue weighted by molar-refractivity contribution is -0.145. The summed E-state index contributed by atoms with van der Waals surface area (Å²) in [6, 6.07) is 0.160. The quantitative estimate of drug-likeness (QED) is 0.685. The predicted molar refractivity (Wildman–Crippen MR) is 77.5 cm³/mol. The van der Waals surface area contributed by atoms with E-state index in [9.17, 15) is 9.90 Å². The molecule has 1 aliphatic rings. The summed E-state index contributed by atoms with van der Waals surface area (Å²) < 4.78 is 0. The Kier molecular flexibility index (Phi) is 6.23. The first-order chi connectivity index (χ1) is 8.83. The van der Waals surface area contributed by atoms with Crippen molar-refractivity contribution < 1.29 is 9.90 Å². The van der Waals surface area contributed by atoms with Gasteiger partial charge >= 0.3 is 5.97 Å². The Bertz CT molecular complexity index is 290. The fourth-order valence-corrected chi connectivity index (χ4v) is 2.75. The van der Waals surface area contributed by atoms with Crippen molar-refractivity contribution in [1.29, 1.82) is 0 Å². The van der Waals surface area contributed by atoms with E-state index < -0.39 is 11.5 Å². The van der Waals surface area contributed by atoms with E-state index in [0.717, 1.165) is 13.1 Å². The van der Waals surface area contributed by atoms with E-state index in [1.54, 1.807) is 6.92 Å². The van der Waals surface area contributed by atoms with Crippen LogP contribution in [-0.4, -0.2) is 72.2 Å². The maximum Gasteiger partial charge on any atom is 0.324 e. The highest BCUT2D eigenvalue weighted by Crippen LogP contribution is 2.10. The predicted octanol–water partition coefficient (Wildman–Crippen LogP) is 0.855. The topological polar surface area (TPSA) is 55.8 Å². The molecule has 0 aromatic heterocycles. The van der Waals surface area contributed by atoms with E-state index in [1.807, 2.05) is 20.9 Å². The van der Waals surface area contributed by atoms with Gasteiger partial charge in [0, 0.05) is 25.7 Å². The van der Waals surface area contributed by atoms with Gasteiger partial charge in [-0.15, -0.1) is 0 Å². The SMILES string of the molecule is CC(C)NC(C)(CN(C)CCN1CCCC1)C(=O)O. The second-order valence-corrected chi connectivity index (χ2v) is 6.22. The number of likely N-dealkylation sites (N-methyl/N-ethyl adjacent to an activating group) is 1. The lowest BCUT2D eigenvalue weighted by Crippen LogP contribution is -2.58. The van der Waals surface area contributed by atoms with Gasteiger partial charge in [0.05, 0.1) is 0 Å². The lowest BCUT2D eigenvalue weighted by Gasteiger charge is -2.33. The molecular weight excluding hydrogens is 242 g/mol. The van der Waals surface area contributed by atoms with Crippen LogP contribution in [0.1, 0.15) is 33.6 Å². The number of nitrogens with one attached hydrogen (secondary N) is 1. The summed E-state index contributed by atoms with van der Waals surface area (Å²) in [4.78, 5) is 16.0. The average Bonchev–Trinajstić information content (AvgIpc) is 2.77. The third-order valence-electron chi connectivity index (χ3n) is 3.66. The van der Waals surface area contributed by atoms with Crippen LogP contribution in [0.5, 0.6) is 0 Å². The third kappa shape index (κ3) is 5.47. The zero-order valence-corrected chi connectivity index (χ0v) is 12.8. The molecule has 5 heteroatoms. The van der Waals surface area contributed by atoms with Crippen molar-refractivity contribution in [3.05, 3.63) is 0 Å². The first-order valence-electron chi connectivity index (χ1n) is 7.25. The molecule has 0 aliphatic carbocycles. The zero-order chi connectivity index (χ0) is 14.5. The Morgan fingerprint density at radius 3 is 2.47 bits per heavy atom. The monoisotopic (exact) mass is 271 g/mol. The number of carboxylic acid groups (broad SMARTS) is 1. The van der Waals surface area contributed by atoms with Gasteiger partial charge in [0.1, 0.15) is 5.54 Å². The Balaban J connectivity index is 2.41. The second-order valence-electron chi connectivity index (χ2n) is 6.22. The van der Waals surface area contributed by atoms with Crippen LogP contribution in [0.3, 0.4) is 0 Å². The van der Waals surface area contributed by atoms with Crippen molar-refractivity contribution in [3.8, 4) is 0 Å². The molecule has 1 heterocycles. The lowest BCUT2D eigenvalue weighted by atomic mass is 10.0. The summed E-state index contributed by atoms with van der Waals surface area (Å²) >= 11 is 0. The molecule has 1 rings (SSSR count). The summed E-state index contributed by atoms with van der Waals surface area (Å²) in [6.07, 6.45) is 2.59. The van der Waals surface area contributed by atoms with E-state index in [2.05, 4.69) is 15.1 Å². The minimum Gasteiger partial charge on any atom is -0.480 e. The maximum absolute atomic E-state index is 11.5. The molecular formula is C14H29N3O2. The van der Waals surface area contributed by atoms with E-state index >= 15 is 0 Å². The number of carboxylic acids is 1. The van der Waals surface area contributed by atoms with Gasteiger partial charge in [-0.05, 0) is 53.8 Å². The highest BCUT2D eigenvalue weighted by atomic mass is 16.4. The normalized spacial score (nSPS) is 20.1. The van der Waals surface area contributed by atoms with Crippen molar-refractivity contribution >= 4 is 5.97 Å². The van der Waals surface area contributed by atoms with Crippen LogP contribution in [0.15, 0.2) is 0 Å². The molecule has 1 atom stereocenters. The summed E-state index contributed by atoms with van der Waals surface area (Å²) in [5.74, 6) is -0.783. The van der Waals surface area contributed by atoms with Crippen LogP contribution in [0, 0.1) is 0 Å². The van der Waals surface area contributed by atoms with Crippen LogP contribution >= 0.6 is 0 Å². The van der Waals surface area contributed by atoms with Gasteiger partial charge in [-0.25, -0.2) is 0 Å². The molecule has 0 saturated carbocycles. The summed E-state index contributed by atoms with van der Waals surface area (Å²) in [7, 11) is 2.00. The van der Waals surface area contributed by atoms with Crippen molar-refractivity contribution in [3.63, 3.8) is 0 Å². The first-order valence-corrected chi connectivity index (χ1v) is 7.25. The maximum atomic E-state index is 11.5. The Morgan fingerprint density at radius 1 is 1.42 bits per heavy atom. The molecule has 0 amide bonds. The molecule has 5 nitrogen and oxygen atoms in total. The van der Waals surface area contributed by atoms with Gasteiger partial charge in [-0.2, -0.15) is 0 Å². The Labute approximate surface area is 117 Å². The number of likely N-dealkylation sites (tertiary alicyclic amines) is 1. The summed E-state index contributed by atoms with van der Waals surface area (Å²) in [5, 5.41) is 12.6. The molecule has 0 radical (unpaired) electrons. The van der Waals surface area contributed by atoms with E-state index in [0.29, 0.717) is 6.54 Å². The minimum absolute atomic E-state index is 0.160. The van der Waals surface area contributed by atoms with Crippen molar-refractivity contribution in [1.82, 2.24) is 15.1 Å². The van der Waals surface area contributed by atoms with Gasteiger partial charge in [0.2, 0.25) is 0 Å². The van der Waals surface area contributed by atoms with Crippen LogP contribution < -0.4 is 5.32 Å². The van der Waals surface area contributed by atoms with Crippen molar-refractivity contribution in [2.24, 2.45) is 0 Å². The van der Waals surface area contributed by atoms with Crippen LogP contribution in [0.25, 0.3) is 0 Å². The molecule has 19 heavy (non-hydrogen) atoms. The largest absolute Gasteiger partial charge is 0.480 e. The van der Waals surface area contributed by atoms with Crippen LogP contribution in [0.2, 0.25) is 0 Å². The van der Waals surface area contributed by atoms with Crippen molar-refractivity contribution in [2.45, 2.75) is 45.2 Å². The molecule has 0 spiro atoms. The summed E-state index contributed by atoms with van der Waals surface area (Å²) in [5.41, 5.74) is -0.881. The van der Waals surface area contributed by atoms with Gasteiger partial charge in [-0.3, -0.25) is 10.1 Å². The highest BCUT2D eigenvalue weighted by Gasteiger charge is 2.34. The van der Waals surface area contributed by atoms with E-state index in [4.69, 9.17) is 0 Å². The summed E-state index contributed by atoms with van der Waals surface area (Å²) in [6.45, 7) is 10.6. The van der Waals surface area contributed by atoms with Crippen molar-refractivity contribution in [2.75, 3.05) is 39.8 Å².